The van der Waals surface area contributed by atoms with E-state index in [1.54, 1.807) is 0 Å². The van der Waals surface area contributed by atoms with Crippen molar-refractivity contribution < 1.29 is 0 Å². The first-order valence-electron chi connectivity index (χ1n) is 4.13. The van der Waals surface area contributed by atoms with E-state index in [0.717, 1.165) is 12.1 Å². The van der Waals surface area contributed by atoms with E-state index in [1.807, 2.05) is 13.1 Å². The van der Waals surface area contributed by atoms with E-state index in [9.17, 15) is 0 Å². The molecule has 0 amide bonds. The lowest BCUT2D eigenvalue weighted by molar-refractivity contribution is 0.382. The summed E-state index contributed by atoms with van der Waals surface area (Å²) < 4.78 is 0. The molecule has 1 fully saturated rings. The maximum absolute atomic E-state index is 5.82. The molecule has 1 aliphatic rings. The molecule has 1 saturated heterocycles. The molecule has 0 aromatic carbocycles. The number of aryl methyl sites for hydroxylation is 1. The Labute approximate surface area is 77.0 Å². The first kappa shape index (κ1) is 8.02. The Balaban J connectivity index is 2.27. The van der Waals surface area contributed by atoms with Crippen LogP contribution in [0.25, 0.3) is 0 Å². The molecular weight excluding hydrogens is 172 g/mol. The second-order valence-electron chi connectivity index (χ2n) is 3.17. The van der Waals surface area contributed by atoms with Crippen LogP contribution in [-0.4, -0.2) is 11.5 Å². The Kier molecular flexibility index (Phi) is 2.03. The molecule has 0 aliphatic carbocycles. The molecular formula is C9H11ClN2. The molecule has 0 spiro atoms. The van der Waals surface area contributed by atoms with Crippen LogP contribution < -0.4 is 5.32 Å². The summed E-state index contributed by atoms with van der Waals surface area (Å²) in [7, 11) is 0. The number of nitrogens with zero attached hydrogens (tertiary/aromatic N) is 1. The van der Waals surface area contributed by atoms with Gasteiger partial charge in [-0.2, -0.15) is 0 Å². The minimum Gasteiger partial charge on any atom is -0.310 e. The standard InChI is InChI=1S/C9H11ClN2/c1-6-4-7(5-12-9(6)10)8-2-3-11-8/h4-5,8,11H,2-3H2,1H3. The molecule has 1 N–H and O–H groups in total. The summed E-state index contributed by atoms with van der Waals surface area (Å²) >= 11 is 5.82. The highest BCUT2D eigenvalue weighted by Crippen LogP contribution is 2.24. The number of nitrogens with one attached hydrogen (secondary N) is 1. The van der Waals surface area contributed by atoms with Gasteiger partial charge in [0.15, 0.2) is 0 Å². The predicted octanol–water partition coefficient (Wildman–Crippen LogP) is 2.08. The lowest BCUT2D eigenvalue weighted by Crippen LogP contribution is -2.35. The van der Waals surface area contributed by atoms with Gasteiger partial charge in [-0.05, 0) is 37.1 Å². The fourth-order valence-corrected chi connectivity index (χ4v) is 1.45. The molecule has 12 heavy (non-hydrogen) atoms. The third kappa shape index (κ3) is 1.32. The van der Waals surface area contributed by atoms with E-state index >= 15 is 0 Å². The van der Waals surface area contributed by atoms with Crippen molar-refractivity contribution in [1.29, 1.82) is 0 Å². The molecule has 2 nitrogen and oxygen atoms in total. The number of aromatic nitrogens is 1. The number of halogens is 1. The van der Waals surface area contributed by atoms with Gasteiger partial charge in [0.2, 0.25) is 0 Å². The van der Waals surface area contributed by atoms with E-state index < -0.39 is 0 Å². The van der Waals surface area contributed by atoms with Gasteiger partial charge >= 0.3 is 0 Å². The smallest absolute Gasteiger partial charge is 0.131 e. The summed E-state index contributed by atoms with van der Waals surface area (Å²) in [5, 5.41) is 3.93. The lowest BCUT2D eigenvalue weighted by Gasteiger charge is -2.27. The maximum atomic E-state index is 5.82. The third-order valence-corrected chi connectivity index (χ3v) is 2.66. The Morgan fingerprint density at radius 3 is 2.92 bits per heavy atom. The topological polar surface area (TPSA) is 24.9 Å². The summed E-state index contributed by atoms with van der Waals surface area (Å²) in [6.07, 6.45) is 3.06. The number of hydrogen-bond acceptors (Lipinski definition) is 2. The summed E-state index contributed by atoms with van der Waals surface area (Å²) in [6, 6.07) is 2.61. The third-order valence-electron chi connectivity index (χ3n) is 2.26. The summed E-state index contributed by atoms with van der Waals surface area (Å²) in [5.41, 5.74) is 2.31. The van der Waals surface area contributed by atoms with Gasteiger partial charge in [-0.1, -0.05) is 11.6 Å². The number of rotatable bonds is 1. The number of hydrogen-bond donors (Lipinski definition) is 1. The summed E-state index contributed by atoms with van der Waals surface area (Å²) in [5.74, 6) is 0. The van der Waals surface area contributed by atoms with Crippen LogP contribution in [0, 0.1) is 6.92 Å². The maximum Gasteiger partial charge on any atom is 0.131 e. The average Bonchev–Trinajstić information content (AvgIpc) is 1.93. The van der Waals surface area contributed by atoms with Gasteiger partial charge in [0, 0.05) is 12.2 Å². The Hall–Kier alpha value is -0.600. The van der Waals surface area contributed by atoms with Crippen molar-refractivity contribution in [2.24, 2.45) is 0 Å². The van der Waals surface area contributed by atoms with Crippen LogP contribution >= 0.6 is 11.6 Å². The van der Waals surface area contributed by atoms with Crippen LogP contribution in [0.2, 0.25) is 5.15 Å². The summed E-state index contributed by atoms with van der Waals surface area (Å²) in [4.78, 5) is 4.11. The first-order valence-corrected chi connectivity index (χ1v) is 4.50. The quantitative estimate of drug-likeness (QED) is 0.673. The zero-order valence-corrected chi connectivity index (χ0v) is 7.73. The molecule has 1 aliphatic heterocycles. The molecule has 1 unspecified atom stereocenters. The fourth-order valence-electron chi connectivity index (χ4n) is 1.34. The molecule has 0 radical (unpaired) electrons. The van der Waals surface area contributed by atoms with Crippen LogP contribution in [0.1, 0.15) is 23.6 Å². The molecule has 2 heterocycles. The minimum absolute atomic E-state index is 0.508. The molecule has 2 rings (SSSR count). The molecule has 3 heteroatoms. The molecule has 64 valence electrons. The Morgan fingerprint density at radius 2 is 2.42 bits per heavy atom. The van der Waals surface area contributed by atoms with Crippen molar-refractivity contribution in [3.05, 3.63) is 28.5 Å². The Morgan fingerprint density at radius 1 is 1.67 bits per heavy atom. The minimum atomic E-state index is 0.508. The zero-order valence-electron chi connectivity index (χ0n) is 6.97. The highest BCUT2D eigenvalue weighted by molar-refractivity contribution is 6.30. The number of pyridine rings is 1. The van der Waals surface area contributed by atoms with Gasteiger partial charge < -0.3 is 5.32 Å². The normalized spacial score (nSPS) is 22.0. The summed E-state index contributed by atoms with van der Waals surface area (Å²) in [6.45, 7) is 3.10. The zero-order chi connectivity index (χ0) is 8.55. The van der Waals surface area contributed by atoms with Gasteiger partial charge in [-0.15, -0.1) is 0 Å². The van der Waals surface area contributed by atoms with Crippen molar-refractivity contribution >= 4 is 11.6 Å². The van der Waals surface area contributed by atoms with Crippen LogP contribution in [0.15, 0.2) is 12.3 Å². The van der Waals surface area contributed by atoms with Gasteiger partial charge in [0.1, 0.15) is 5.15 Å². The van der Waals surface area contributed by atoms with Gasteiger partial charge in [-0.25, -0.2) is 4.98 Å². The second-order valence-corrected chi connectivity index (χ2v) is 3.53. The van der Waals surface area contributed by atoms with E-state index in [4.69, 9.17) is 11.6 Å². The van der Waals surface area contributed by atoms with Gasteiger partial charge in [0.25, 0.3) is 0 Å². The van der Waals surface area contributed by atoms with Crippen LogP contribution in [0.4, 0.5) is 0 Å². The molecule has 1 atom stereocenters. The fraction of sp³-hybridized carbons (Fsp3) is 0.444. The van der Waals surface area contributed by atoms with Crippen LogP contribution in [0.5, 0.6) is 0 Å². The van der Waals surface area contributed by atoms with Crippen molar-refractivity contribution in [2.45, 2.75) is 19.4 Å². The van der Waals surface area contributed by atoms with Crippen LogP contribution in [-0.2, 0) is 0 Å². The molecule has 1 aromatic heterocycles. The molecule has 0 saturated carbocycles. The average molecular weight is 183 g/mol. The van der Waals surface area contributed by atoms with Crippen molar-refractivity contribution in [3.8, 4) is 0 Å². The highest BCUT2D eigenvalue weighted by Gasteiger charge is 2.18. The Bertz CT molecular complexity index is 295. The highest BCUT2D eigenvalue weighted by atomic mass is 35.5. The van der Waals surface area contributed by atoms with Gasteiger partial charge in [-0.3, -0.25) is 0 Å². The predicted molar refractivity (Wildman–Crippen MR) is 49.3 cm³/mol. The molecule has 1 aromatic rings. The first-order chi connectivity index (χ1) is 5.77. The second kappa shape index (κ2) is 3.04. The van der Waals surface area contributed by atoms with E-state index in [1.165, 1.54) is 12.0 Å². The van der Waals surface area contributed by atoms with E-state index in [0.29, 0.717) is 11.2 Å². The SMILES string of the molecule is Cc1cc(C2CCN2)cnc1Cl. The van der Waals surface area contributed by atoms with Gasteiger partial charge in [0.05, 0.1) is 0 Å². The van der Waals surface area contributed by atoms with Crippen molar-refractivity contribution in [3.63, 3.8) is 0 Å². The lowest BCUT2D eigenvalue weighted by atomic mass is 9.99. The van der Waals surface area contributed by atoms with Crippen LogP contribution in [0.3, 0.4) is 0 Å². The van der Waals surface area contributed by atoms with Crippen molar-refractivity contribution in [2.75, 3.05) is 6.54 Å². The van der Waals surface area contributed by atoms with E-state index in [-0.39, 0.29) is 0 Å². The largest absolute Gasteiger partial charge is 0.310 e. The molecule has 0 bridgehead atoms. The monoisotopic (exact) mass is 182 g/mol. The van der Waals surface area contributed by atoms with E-state index in [2.05, 4.69) is 16.4 Å². The van der Waals surface area contributed by atoms with Crippen molar-refractivity contribution in [1.82, 2.24) is 10.3 Å².